The molecule has 0 aliphatic carbocycles. The van der Waals surface area contributed by atoms with Crippen LogP contribution in [-0.2, 0) is 30.8 Å². The normalized spacial score (nSPS) is 15.1. The van der Waals surface area contributed by atoms with Crippen LogP contribution in [0.5, 0.6) is 5.75 Å². The maximum Gasteiger partial charge on any atom is 0.310 e. The zero-order chi connectivity index (χ0) is 24.0. The summed E-state index contributed by atoms with van der Waals surface area (Å²) in [5.74, 6) is -0.403. The Labute approximate surface area is 194 Å². The fourth-order valence-corrected chi connectivity index (χ4v) is 5.52. The summed E-state index contributed by atoms with van der Waals surface area (Å²) < 4.78 is 37.9. The van der Waals surface area contributed by atoms with Crippen LogP contribution in [0.1, 0.15) is 30.9 Å². The summed E-state index contributed by atoms with van der Waals surface area (Å²) in [4.78, 5) is 24.4. The molecule has 2 aromatic carbocycles. The van der Waals surface area contributed by atoms with E-state index in [2.05, 4.69) is 5.32 Å². The average Bonchev–Trinajstić information content (AvgIpc) is 2.80. The van der Waals surface area contributed by atoms with Crippen LogP contribution in [0, 0.1) is 12.8 Å². The van der Waals surface area contributed by atoms with Crippen molar-refractivity contribution >= 4 is 27.6 Å². The summed E-state index contributed by atoms with van der Waals surface area (Å²) in [6.45, 7) is 4.45. The first-order valence-electron chi connectivity index (χ1n) is 10.9. The van der Waals surface area contributed by atoms with Gasteiger partial charge >= 0.3 is 5.97 Å². The standard InChI is InChI=1S/C24H30N2O6S/c1-4-32-23(27)16-18-6-8-20(9-7-18)25-24(28)19-11-13-26(14-12-19)33(29,30)22-15-17(2)5-10-21(22)31-3/h5-10,15,19H,4,11-14,16H2,1-3H3,(H,25,28). The summed E-state index contributed by atoms with van der Waals surface area (Å²) in [7, 11) is -2.27. The number of ether oxygens (including phenoxy) is 2. The lowest BCUT2D eigenvalue weighted by Crippen LogP contribution is -2.41. The van der Waals surface area contributed by atoms with E-state index in [0.717, 1.165) is 11.1 Å². The molecule has 1 aliphatic heterocycles. The average molecular weight is 475 g/mol. The number of piperidine rings is 1. The number of nitrogens with one attached hydrogen (secondary N) is 1. The Hall–Kier alpha value is -2.91. The smallest absolute Gasteiger partial charge is 0.310 e. The molecule has 1 N–H and O–H groups in total. The van der Waals surface area contributed by atoms with Crippen LogP contribution in [0.15, 0.2) is 47.4 Å². The molecule has 0 radical (unpaired) electrons. The number of carbonyl (C=O) groups is 2. The van der Waals surface area contributed by atoms with Crippen LogP contribution in [0.25, 0.3) is 0 Å². The van der Waals surface area contributed by atoms with Crippen LogP contribution in [-0.4, -0.2) is 51.4 Å². The fourth-order valence-electron chi connectivity index (χ4n) is 3.81. The minimum Gasteiger partial charge on any atom is -0.495 e. The summed E-state index contributed by atoms with van der Waals surface area (Å²) in [6, 6.07) is 12.1. The van der Waals surface area contributed by atoms with Gasteiger partial charge in [0.2, 0.25) is 15.9 Å². The highest BCUT2D eigenvalue weighted by atomic mass is 32.2. The van der Waals surface area contributed by atoms with Crippen molar-refractivity contribution < 1.29 is 27.5 Å². The van der Waals surface area contributed by atoms with Gasteiger partial charge in [0.1, 0.15) is 10.6 Å². The molecule has 1 saturated heterocycles. The van der Waals surface area contributed by atoms with Crippen molar-refractivity contribution in [2.75, 3.05) is 32.1 Å². The SMILES string of the molecule is CCOC(=O)Cc1ccc(NC(=O)C2CCN(S(=O)(=O)c3cc(C)ccc3OC)CC2)cc1. The van der Waals surface area contributed by atoms with Crippen LogP contribution in [0.3, 0.4) is 0 Å². The molecule has 1 aliphatic rings. The van der Waals surface area contributed by atoms with Crippen molar-refractivity contribution in [3.05, 3.63) is 53.6 Å². The molecule has 1 fully saturated rings. The molecule has 9 heteroatoms. The van der Waals surface area contributed by atoms with E-state index in [1.54, 1.807) is 49.4 Å². The molecule has 8 nitrogen and oxygen atoms in total. The van der Waals surface area contributed by atoms with Crippen molar-refractivity contribution in [1.82, 2.24) is 4.31 Å². The van der Waals surface area contributed by atoms with E-state index in [0.29, 0.717) is 30.9 Å². The Morgan fingerprint density at radius 2 is 1.76 bits per heavy atom. The number of rotatable bonds is 8. The molecular weight excluding hydrogens is 444 g/mol. The molecule has 1 heterocycles. The highest BCUT2D eigenvalue weighted by Gasteiger charge is 2.33. The van der Waals surface area contributed by atoms with Gasteiger partial charge in [0.25, 0.3) is 0 Å². The summed E-state index contributed by atoms with van der Waals surface area (Å²) in [6.07, 6.45) is 1.04. The zero-order valence-electron chi connectivity index (χ0n) is 19.2. The lowest BCUT2D eigenvalue weighted by atomic mass is 9.97. The predicted molar refractivity (Wildman–Crippen MR) is 125 cm³/mol. The van der Waals surface area contributed by atoms with Gasteiger partial charge < -0.3 is 14.8 Å². The Morgan fingerprint density at radius 3 is 2.36 bits per heavy atom. The van der Waals surface area contributed by atoms with Gasteiger partial charge in [-0.25, -0.2) is 8.42 Å². The van der Waals surface area contributed by atoms with E-state index in [4.69, 9.17) is 9.47 Å². The molecule has 0 aromatic heterocycles. The molecule has 2 aromatic rings. The van der Waals surface area contributed by atoms with Crippen molar-refractivity contribution in [1.29, 1.82) is 0 Å². The number of hydrogen-bond donors (Lipinski definition) is 1. The Balaban J connectivity index is 1.58. The number of anilines is 1. The minimum absolute atomic E-state index is 0.140. The number of amides is 1. The van der Waals surface area contributed by atoms with Gasteiger partial charge in [-0.2, -0.15) is 4.31 Å². The number of aryl methyl sites for hydroxylation is 1. The molecule has 178 valence electrons. The third-order valence-corrected chi connectivity index (χ3v) is 7.56. The molecule has 0 atom stereocenters. The van der Waals surface area contributed by atoms with Gasteiger partial charge in [0, 0.05) is 24.7 Å². The number of sulfonamides is 1. The Morgan fingerprint density at radius 1 is 1.09 bits per heavy atom. The zero-order valence-corrected chi connectivity index (χ0v) is 20.0. The van der Waals surface area contributed by atoms with Crippen LogP contribution in [0.4, 0.5) is 5.69 Å². The van der Waals surface area contributed by atoms with Crippen molar-refractivity contribution in [3.8, 4) is 5.75 Å². The Kier molecular flexibility index (Phi) is 8.10. The van der Waals surface area contributed by atoms with Gasteiger partial charge in [0.05, 0.1) is 20.1 Å². The van der Waals surface area contributed by atoms with E-state index in [-0.39, 0.29) is 42.2 Å². The highest BCUT2D eigenvalue weighted by molar-refractivity contribution is 7.89. The maximum absolute atomic E-state index is 13.1. The number of hydrogen-bond acceptors (Lipinski definition) is 6. The lowest BCUT2D eigenvalue weighted by molar-refractivity contribution is -0.142. The number of methoxy groups -OCH3 is 1. The lowest BCUT2D eigenvalue weighted by Gasteiger charge is -2.31. The quantitative estimate of drug-likeness (QED) is 0.590. The monoisotopic (exact) mass is 474 g/mol. The second kappa shape index (κ2) is 10.8. The third kappa shape index (κ3) is 6.11. The fraction of sp³-hybridized carbons (Fsp3) is 0.417. The second-order valence-corrected chi connectivity index (χ2v) is 9.91. The maximum atomic E-state index is 13.1. The van der Waals surface area contributed by atoms with Gasteiger partial charge in [-0.05, 0) is 62.1 Å². The Bertz CT molecular complexity index is 1090. The molecule has 1 amide bonds. The first kappa shape index (κ1) is 24.7. The van der Waals surface area contributed by atoms with Crippen molar-refractivity contribution in [3.63, 3.8) is 0 Å². The van der Waals surface area contributed by atoms with Gasteiger partial charge in [-0.3, -0.25) is 9.59 Å². The van der Waals surface area contributed by atoms with E-state index in [9.17, 15) is 18.0 Å². The molecule has 0 bridgehead atoms. The first-order chi connectivity index (χ1) is 15.7. The molecule has 3 rings (SSSR count). The van der Waals surface area contributed by atoms with Gasteiger partial charge in [-0.15, -0.1) is 0 Å². The van der Waals surface area contributed by atoms with Crippen molar-refractivity contribution in [2.24, 2.45) is 5.92 Å². The second-order valence-electron chi connectivity index (χ2n) is 8.00. The topological polar surface area (TPSA) is 102 Å². The first-order valence-corrected chi connectivity index (χ1v) is 12.4. The molecular formula is C24H30N2O6S. The number of benzene rings is 2. The van der Waals surface area contributed by atoms with E-state index in [1.807, 2.05) is 6.92 Å². The van der Waals surface area contributed by atoms with E-state index >= 15 is 0 Å². The molecule has 0 saturated carbocycles. The van der Waals surface area contributed by atoms with Crippen LogP contribution >= 0.6 is 0 Å². The van der Waals surface area contributed by atoms with E-state index in [1.165, 1.54) is 11.4 Å². The molecule has 0 unspecified atom stereocenters. The highest BCUT2D eigenvalue weighted by Crippen LogP contribution is 2.30. The predicted octanol–water partition coefficient (Wildman–Crippen LogP) is 3.15. The summed E-state index contributed by atoms with van der Waals surface area (Å²) in [5.41, 5.74) is 2.26. The van der Waals surface area contributed by atoms with E-state index < -0.39 is 10.0 Å². The number of esters is 1. The largest absolute Gasteiger partial charge is 0.495 e. The van der Waals surface area contributed by atoms with Gasteiger partial charge in [-0.1, -0.05) is 18.2 Å². The van der Waals surface area contributed by atoms with Gasteiger partial charge in [0.15, 0.2) is 0 Å². The summed E-state index contributed by atoms with van der Waals surface area (Å²) in [5, 5.41) is 2.89. The molecule has 33 heavy (non-hydrogen) atoms. The number of carbonyl (C=O) groups excluding carboxylic acids is 2. The van der Waals surface area contributed by atoms with Crippen molar-refractivity contribution in [2.45, 2.75) is 38.0 Å². The molecule has 0 spiro atoms. The summed E-state index contributed by atoms with van der Waals surface area (Å²) >= 11 is 0. The third-order valence-electron chi connectivity index (χ3n) is 5.64. The number of nitrogens with zero attached hydrogens (tertiary/aromatic N) is 1. The van der Waals surface area contributed by atoms with Crippen LogP contribution in [0.2, 0.25) is 0 Å². The minimum atomic E-state index is -3.72. The van der Waals surface area contributed by atoms with Crippen LogP contribution < -0.4 is 10.1 Å².